The average Bonchev–Trinajstić information content (AvgIpc) is 2.80. The van der Waals surface area contributed by atoms with Crippen molar-refractivity contribution in [2.75, 3.05) is 25.6 Å². The van der Waals surface area contributed by atoms with Crippen molar-refractivity contribution in [2.24, 2.45) is 0 Å². The number of benzene rings is 1. The summed E-state index contributed by atoms with van der Waals surface area (Å²) in [4.78, 5) is 0. The molecule has 12 nitrogen and oxygen atoms in total. The molecule has 2 heterocycles. The molecule has 2 saturated heterocycles. The number of aliphatic hydroxyl groups excluding tert-OH is 6. The van der Waals surface area contributed by atoms with Crippen LogP contribution in [-0.2, 0) is 18.9 Å². The van der Waals surface area contributed by atoms with E-state index < -0.39 is 74.4 Å². The van der Waals surface area contributed by atoms with Crippen LogP contribution in [0.4, 0.5) is 5.69 Å². The molecular formula is C20H29NO11S. The van der Waals surface area contributed by atoms with Gasteiger partial charge in [-0.15, -0.1) is 0 Å². The van der Waals surface area contributed by atoms with Crippen molar-refractivity contribution in [3.63, 3.8) is 0 Å². The van der Waals surface area contributed by atoms with E-state index in [2.05, 4.69) is 5.32 Å². The lowest BCUT2D eigenvalue weighted by Crippen LogP contribution is -2.63. The molecule has 0 aromatic heterocycles. The zero-order chi connectivity index (χ0) is 24.3. The largest absolute Gasteiger partial charge is 0.508 e. The van der Waals surface area contributed by atoms with Crippen LogP contribution >= 0.6 is 12.2 Å². The molecule has 0 saturated carbocycles. The molecule has 2 aliphatic rings. The minimum Gasteiger partial charge on any atom is -0.508 e. The third-order valence-corrected chi connectivity index (χ3v) is 5.92. The minimum absolute atomic E-state index is 0.123. The van der Waals surface area contributed by atoms with Gasteiger partial charge in [-0.25, -0.2) is 0 Å². The quantitative estimate of drug-likeness (QED) is 0.144. The van der Waals surface area contributed by atoms with Gasteiger partial charge in [0.2, 0.25) is 0 Å². The van der Waals surface area contributed by atoms with E-state index >= 15 is 0 Å². The van der Waals surface area contributed by atoms with E-state index in [-0.39, 0.29) is 11.3 Å². The zero-order valence-electron chi connectivity index (χ0n) is 17.7. The first-order chi connectivity index (χ1) is 15.8. The summed E-state index contributed by atoms with van der Waals surface area (Å²) < 4.78 is 22.0. The van der Waals surface area contributed by atoms with Crippen LogP contribution in [0.25, 0.3) is 0 Å². The third-order valence-electron chi connectivity index (χ3n) is 5.81. The molecule has 186 valence electrons. The normalized spacial score (nSPS) is 39.2. The molecule has 2 fully saturated rings. The molecule has 8 N–H and O–H groups in total. The number of aromatic hydroxyl groups is 1. The summed E-state index contributed by atoms with van der Waals surface area (Å²) >= 11 is 4.80. The Balaban J connectivity index is 1.84. The Morgan fingerprint density at radius 1 is 0.970 bits per heavy atom. The fraction of sp³-hybridized carbons (Fsp3) is 0.650. The maximum Gasteiger partial charge on any atom is 0.187 e. The zero-order valence-corrected chi connectivity index (χ0v) is 18.5. The van der Waals surface area contributed by atoms with Crippen LogP contribution in [0.3, 0.4) is 0 Å². The number of rotatable bonds is 8. The Morgan fingerprint density at radius 2 is 1.67 bits per heavy atom. The van der Waals surface area contributed by atoms with Crippen molar-refractivity contribution >= 4 is 23.4 Å². The molecule has 33 heavy (non-hydrogen) atoms. The van der Waals surface area contributed by atoms with Gasteiger partial charge in [0.1, 0.15) is 60.7 Å². The fourth-order valence-electron chi connectivity index (χ4n) is 4.09. The minimum atomic E-state index is -1.63. The number of methoxy groups -OCH3 is 1. The molecule has 0 amide bonds. The highest BCUT2D eigenvalue weighted by Crippen LogP contribution is 2.39. The Labute approximate surface area is 194 Å². The van der Waals surface area contributed by atoms with Crippen molar-refractivity contribution in [3.8, 4) is 5.75 Å². The molecule has 1 aromatic carbocycles. The SMILES string of the molecule is CO[C@H]1[C@@H](O)[C@@H](CO)O[C@@H](O[C@H]2[C@H](O)[C@@H](O)[C@H](c3cc(O)ccc3NC=S)O[C@@H]2CO)[C@@H]1O. The first kappa shape index (κ1) is 26.1. The lowest BCUT2D eigenvalue weighted by atomic mass is 9.90. The van der Waals surface area contributed by atoms with Gasteiger partial charge in [0.05, 0.1) is 18.7 Å². The van der Waals surface area contributed by atoms with E-state index in [0.29, 0.717) is 5.69 Å². The Bertz CT molecular complexity index is 799. The van der Waals surface area contributed by atoms with Gasteiger partial charge in [-0.2, -0.15) is 0 Å². The predicted molar refractivity (Wildman–Crippen MR) is 116 cm³/mol. The number of phenolic OH excluding ortho intramolecular Hbond substituents is 1. The van der Waals surface area contributed by atoms with Crippen LogP contribution in [-0.4, -0.2) is 117 Å². The van der Waals surface area contributed by atoms with Crippen molar-refractivity contribution in [1.82, 2.24) is 0 Å². The molecule has 0 radical (unpaired) electrons. The molecule has 13 heteroatoms. The highest BCUT2D eigenvalue weighted by atomic mass is 32.1. The van der Waals surface area contributed by atoms with E-state index in [1.807, 2.05) is 0 Å². The van der Waals surface area contributed by atoms with Gasteiger partial charge in [-0.1, -0.05) is 12.2 Å². The van der Waals surface area contributed by atoms with E-state index in [1.54, 1.807) is 0 Å². The van der Waals surface area contributed by atoms with Gasteiger partial charge in [-0.05, 0) is 18.2 Å². The summed E-state index contributed by atoms with van der Waals surface area (Å²) in [5, 5.41) is 74.3. The number of thiocarbonyl (C=S) groups is 1. The van der Waals surface area contributed by atoms with E-state index in [9.17, 15) is 35.7 Å². The Morgan fingerprint density at radius 3 is 2.27 bits per heavy atom. The molecule has 2 aliphatic heterocycles. The predicted octanol–water partition coefficient (Wildman–Crippen LogP) is -2.25. The van der Waals surface area contributed by atoms with E-state index in [1.165, 1.54) is 30.8 Å². The smallest absolute Gasteiger partial charge is 0.187 e. The lowest BCUT2D eigenvalue weighted by molar-refractivity contribution is -0.344. The number of anilines is 1. The summed E-state index contributed by atoms with van der Waals surface area (Å²) in [7, 11) is 1.25. The van der Waals surface area contributed by atoms with Crippen molar-refractivity contribution in [2.45, 2.75) is 61.2 Å². The Kier molecular flexibility index (Phi) is 8.94. The van der Waals surface area contributed by atoms with Crippen LogP contribution in [0.5, 0.6) is 5.75 Å². The second-order valence-corrected chi connectivity index (χ2v) is 8.04. The molecule has 1 aromatic rings. The second kappa shape index (κ2) is 11.3. The average molecular weight is 492 g/mol. The van der Waals surface area contributed by atoms with Crippen LogP contribution < -0.4 is 5.32 Å². The van der Waals surface area contributed by atoms with E-state index in [0.717, 1.165) is 0 Å². The number of ether oxygens (including phenoxy) is 4. The first-order valence-corrected chi connectivity index (χ1v) is 10.7. The maximum absolute atomic E-state index is 10.8. The molecular weight excluding hydrogens is 462 g/mol. The maximum atomic E-state index is 10.8. The van der Waals surface area contributed by atoms with Crippen molar-refractivity contribution in [3.05, 3.63) is 23.8 Å². The van der Waals surface area contributed by atoms with Crippen LogP contribution in [0.15, 0.2) is 18.2 Å². The van der Waals surface area contributed by atoms with Crippen LogP contribution in [0.1, 0.15) is 11.7 Å². The van der Waals surface area contributed by atoms with Gasteiger partial charge < -0.3 is 60.0 Å². The van der Waals surface area contributed by atoms with Gasteiger partial charge in [0.15, 0.2) is 6.29 Å². The summed E-state index contributed by atoms with van der Waals surface area (Å²) in [5.41, 5.74) is 1.90. The van der Waals surface area contributed by atoms with Gasteiger partial charge in [0, 0.05) is 18.4 Å². The highest BCUT2D eigenvalue weighted by Gasteiger charge is 2.51. The topological polar surface area (TPSA) is 191 Å². The van der Waals surface area contributed by atoms with Crippen molar-refractivity contribution < 1.29 is 54.7 Å². The highest BCUT2D eigenvalue weighted by molar-refractivity contribution is 7.79. The van der Waals surface area contributed by atoms with Gasteiger partial charge >= 0.3 is 0 Å². The lowest BCUT2D eigenvalue weighted by Gasteiger charge is -2.47. The molecule has 0 aliphatic carbocycles. The standard InChI is InChI=1S/C20H29NO11S/c1-29-19-13(25)11(5-22)31-20(16(19)28)32-18-12(6-23)30-17(14(26)15(18)27)9-4-8(24)2-3-10(9)21-7-33/h2-4,7,11-20,22-28H,5-6H2,1H3,(H,21,33)/t11-,12-,13+,14-,15-,16-,17+,18-,19+,20+/m1/s1. The molecule has 3 rings (SSSR count). The monoisotopic (exact) mass is 491 g/mol. The fourth-order valence-corrected chi connectivity index (χ4v) is 4.22. The Hall–Kier alpha value is -1.49. The number of hydrogen-bond acceptors (Lipinski definition) is 12. The second-order valence-electron chi connectivity index (χ2n) is 7.80. The van der Waals surface area contributed by atoms with Gasteiger partial charge in [-0.3, -0.25) is 0 Å². The third kappa shape index (κ3) is 5.28. The van der Waals surface area contributed by atoms with Crippen LogP contribution in [0.2, 0.25) is 0 Å². The number of aliphatic hydroxyl groups is 6. The van der Waals surface area contributed by atoms with E-state index in [4.69, 9.17) is 31.2 Å². The number of nitrogens with one attached hydrogen (secondary N) is 1. The first-order valence-electron chi connectivity index (χ1n) is 10.2. The van der Waals surface area contributed by atoms with Crippen molar-refractivity contribution in [1.29, 1.82) is 0 Å². The number of hydrogen-bond donors (Lipinski definition) is 8. The summed E-state index contributed by atoms with van der Waals surface area (Å²) in [6, 6.07) is 4.22. The molecule has 0 spiro atoms. The van der Waals surface area contributed by atoms with Crippen LogP contribution in [0, 0.1) is 0 Å². The summed E-state index contributed by atoms with van der Waals surface area (Å²) in [6.45, 7) is -1.24. The van der Waals surface area contributed by atoms with Gasteiger partial charge in [0.25, 0.3) is 0 Å². The molecule has 0 unspecified atom stereocenters. The summed E-state index contributed by atoms with van der Waals surface area (Å²) in [5.74, 6) is -0.123. The number of phenols is 1. The summed E-state index contributed by atoms with van der Waals surface area (Å²) in [6.07, 6.45) is -13.6. The molecule has 10 atom stereocenters. The molecule has 0 bridgehead atoms.